The SMILES string of the molecule is CC(=O)NC(CSC1CC(=O)N(CCCCN2C[C@H](O)[C@@H](O)[C@@H](O)[C@H]2CO)C1=O)C(=O)NC(CCCCN)C(=O)NCC(=O)NCC(=O)NC(C)C(=O)NC(CCCCN)C(=O)NC(CC(C)C)C(=O)O. The Bertz CT molecular complexity index is 1820. The van der Waals surface area contributed by atoms with Crippen LogP contribution in [0.3, 0.4) is 0 Å². The summed E-state index contributed by atoms with van der Waals surface area (Å²) in [6.07, 6.45) is -1.12. The Balaban J connectivity index is 1.94. The van der Waals surface area contributed by atoms with Crippen molar-refractivity contribution in [2.45, 2.75) is 152 Å². The average molecular weight is 1030 g/mol. The molecule has 27 heteroatoms. The van der Waals surface area contributed by atoms with E-state index in [4.69, 9.17) is 11.5 Å². The molecule has 26 nitrogen and oxygen atoms in total. The number of thioether (sulfide) groups is 1. The highest BCUT2D eigenvalue weighted by Gasteiger charge is 2.42. The number of rotatable bonds is 33. The smallest absolute Gasteiger partial charge is 0.326 e. The number of hydrogen-bond acceptors (Lipinski definition) is 18. The lowest BCUT2D eigenvalue weighted by Crippen LogP contribution is -2.62. The largest absolute Gasteiger partial charge is 0.480 e. The quantitative estimate of drug-likeness (QED) is 0.0215. The van der Waals surface area contributed by atoms with E-state index in [2.05, 4.69) is 37.2 Å². The first-order valence-corrected chi connectivity index (χ1v) is 25.1. The van der Waals surface area contributed by atoms with Crippen molar-refractivity contribution in [2.24, 2.45) is 17.4 Å². The number of likely N-dealkylation sites (tertiary alicyclic amines) is 2. The highest BCUT2D eigenvalue weighted by Crippen LogP contribution is 2.27. The zero-order chi connectivity index (χ0) is 53.4. The molecular weight excluding hydrogens is 955 g/mol. The molecule has 9 amide bonds. The molecule has 0 aromatic heterocycles. The van der Waals surface area contributed by atoms with Crippen molar-refractivity contribution in [3.63, 3.8) is 0 Å². The molecule has 6 unspecified atom stereocenters. The summed E-state index contributed by atoms with van der Waals surface area (Å²) in [6.45, 7) is 5.40. The lowest BCUT2D eigenvalue weighted by atomic mass is 9.94. The minimum atomic E-state index is -1.40. The summed E-state index contributed by atoms with van der Waals surface area (Å²) in [5.74, 6) is -7.58. The molecule has 2 saturated heterocycles. The zero-order valence-electron chi connectivity index (χ0n) is 41.1. The van der Waals surface area contributed by atoms with Gasteiger partial charge in [0.15, 0.2) is 0 Å². The van der Waals surface area contributed by atoms with E-state index in [-0.39, 0.29) is 57.0 Å². The standard InChI is InChI=1S/C44H77N11O15S/c1-24(2)17-29(44(69)70)53-41(66)28(12-6-8-14-46)51-39(64)25(3)49-35(60)20-47-34(59)19-48-40(65)27(11-5-7-13-45)52-42(67)30(50-26(4)57)23-71-33-18-36(61)55(43(33)68)16-10-9-15-54-21-32(58)38(63)37(62)31(54)22-56/h24-25,27-33,37-38,56,58,62-63H,5-23,45-46H2,1-4H3,(H,47,59)(H,48,65)(H,49,60)(H,50,57)(H,51,64)(H,52,67)(H,53,66)(H,69,70)/t25?,27?,28?,29?,30?,31-,32+,33?,37+,38-/m1/s1. The maximum Gasteiger partial charge on any atom is 0.326 e. The van der Waals surface area contributed by atoms with E-state index in [1.165, 1.54) is 13.8 Å². The first kappa shape index (κ1) is 62.1. The van der Waals surface area contributed by atoms with E-state index < -0.39 is 139 Å². The summed E-state index contributed by atoms with van der Waals surface area (Å²) in [4.78, 5) is 131. The van der Waals surface area contributed by atoms with E-state index in [1.54, 1.807) is 18.7 Å². The third-order valence-electron chi connectivity index (χ3n) is 11.8. The van der Waals surface area contributed by atoms with Gasteiger partial charge in [-0.05, 0) is 90.3 Å². The second kappa shape index (κ2) is 32.1. The fourth-order valence-electron chi connectivity index (χ4n) is 7.83. The molecule has 0 aromatic rings. The minimum absolute atomic E-state index is 0.0149. The summed E-state index contributed by atoms with van der Waals surface area (Å²) in [5.41, 5.74) is 11.2. The van der Waals surface area contributed by atoms with Crippen LogP contribution in [0.25, 0.3) is 0 Å². The van der Waals surface area contributed by atoms with Crippen molar-refractivity contribution >= 4 is 70.9 Å². The predicted molar refractivity (Wildman–Crippen MR) is 257 cm³/mol. The molecule has 71 heavy (non-hydrogen) atoms. The second-order valence-corrected chi connectivity index (χ2v) is 19.4. The van der Waals surface area contributed by atoms with Crippen LogP contribution in [0, 0.1) is 5.92 Å². The molecule has 0 spiro atoms. The molecule has 10 atom stereocenters. The number of unbranched alkanes of at least 4 members (excludes halogenated alkanes) is 3. The van der Waals surface area contributed by atoms with Gasteiger partial charge in [-0.25, -0.2) is 4.79 Å². The van der Waals surface area contributed by atoms with Crippen molar-refractivity contribution in [3.05, 3.63) is 0 Å². The van der Waals surface area contributed by atoms with E-state index in [1.807, 2.05) is 0 Å². The second-order valence-electron chi connectivity index (χ2n) is 18.2. The molecule has 0 bridgehead atoms. The van der Waals surface area contributed by atoms with E-state index in [0.29, 0.717) is 51.6 Å². The number of nitrogens with one attached hydrogen (secondary N) is 7. The summed E-state index contributed by atoms with van der Waals surface area (Å²) in [6, 6.07) is -6.76. The number of imide groups is 1. The van der Waals surface area contributed by atoms with Crippen LogP contribution in [-0.4, -0.2) is 212 Å². The van der Waals surface area contributed by atoms with Crippen LogP contribution < -0.4 is 48.7 Å². The van der Waals surface area contributed by atoms with Gasteiger partial charge in [-0.2, -0.15) is 0 Å². The molecule has 16 N–H and O–H groups in total. The number of aliphatic hydroxyl groups excluding tert-OH is 4. The normalized spacial score (nSPS) is 21.3. The molecule has 0 aliphatic carbocycles. The first-order valence-electron chi connectivity index (χ1n) is 24.0. The van der Waals surface area contributed by atoms with Crippen LogP contribution in [0.15, 0.2) is 0 Å². The Hall–Kier alpha value is -5.03. The molecule has 2 heterocycles. The van der Waals surface area contributed by atoms with E-state index >= 15 is 0 Å². The summed E-state index contributed by atoms with van der Waals surface area (Å²) in [5, 5.41) is 65.8. The van der Waals surface area contributed by atoms with Gasteiger partial charge in [-0.1, -0.05) is 13.8 Å². The Morgan fingerprint density at radius 2 is 1.25 bits per heavy atom. The maximum absolute atomic E-state index is 13.6. The van der Waals surface area contributed by atoms with Crippen molar-refractivity contribution in [2.75, 3.05) is 58.2 Å². The zero-order valence-corrected chi connectivity index (χ0v) is 41.9. The van der Waals surface area contributed by atoms with Gasteiger partial charge < -0.3 is 74.2 Å². The summed E-state index contributed by atoms with van der Waals surface area (Å²) >= 11 is 0.973. The Morgan fingerprint density at radius 3 is 1.83 bits per heavy atom. The summed E-state index contributed by atoms with van der Waals surface area (Å²) in [7, 11) is 0. The van der Waals surface area contributed by atoms with Gasteiger partial charge in [0.25, 0.3) is 0 Å². The molecule has 2 aliphatic heterocycles. The van der Waals surface area contributed by atoms with Gasteiger partial charge in [-0.3, -0.25) is 53.0 Å². The number of piperidine rings is 1. The van der Waals surface area contributed by atoms with Crippen molar-refractivity contribution < 1.29 is 73.5 Å². The van der Waals surface area contributed by atoms with Crippen LogP contribution >= 0.6 is 11.8 Å². The van der Waals surface area contributed by atoms with Crippen LogP contribution in [0.4, 0.5) is 0 Å². The third kappa shape index (κ3) is 21.7. The van der Waals surface area contributed by atoms with Crippen LogP contribution in [0.2, 0.25) is 0 Å². The highest BCUT2D eigenvalue weighted by molar-refractivity contribution is 8.00. The van der Waals surface area contributed by atoms with E-state index in [9.17, 15) is 73.5 Å². The topological polar surface area (TPSA) is 415 Å². The number of carboxylic acid groups (broad SMARTS) is 1. The number of carboxylic acids is 1. The molecular formula is C44H77N11O15S. The molecule has 0 radical (unpaired) electrons. The van der Waals surface area contributed by atoms with Crippen LogP contribution in [-0.2, 0) is 47.9 Å². The van der Waals surface area contributed by atoms with Gasteiger partial charge >= 0.3 is 5.97 Å². The molecule has 2 rings (SSSR count). The Kier molecular flexibility index (Phi) is 28.1. The Labute approximate surface area is 417 Å². The van der Waals surface area contributed by atoms with Crippen LogP contribution in [0.1, 0.15) is 91.9 Å². The maximum atomic E-state index is 13.6. The third-order valence-corrected chi connectivity index (χ3v) is 13.1. The van der Waals surface area contributed by atoms with Gasteiger partial charge in [0.05, 0.1) is 37.1 Å². The fraction of sp³-hybridized carbons (Fsp3) is 0.773. The van der Waals surface area contributed by atoms with Crippen molar-refractivity contribution in [1.82, 2.24) is 47.0 Å². The lowest BCUT2D eigenvalue weighted by molar-refractivity contribution is -0.145. The number of nitrogens with two attached hydrogens (primary N) is 2. The number of β-amino-alcohol motifs (C(OH)–C–C–N with tert-alkyl or cyclic N) is 1. The van der Waals surface area contributed by atoms with Crippen LogP contribution in [0.5, 0.6) is 0 Å². The van der Waals surface area contributed by atoms with Gasteiger partial charge in [0.2, 0.25) is 53.2 Å². The van der Waals surface area contributed by atoms with Crippen molar-refractivity contribution in [3.8, 4) is 0 Å². The number of amides is 9. The number of aliphatic carboxylic acids is 1. The molecule has 2 aliphatic rings. The number of hydrogen-bond donors (Lipinski definition) is 14. The predicted octanol–water partition coefficient (Wildman–Crippen LogP) is -5.53. The molecule has 2 fully saturated rings. The van der Waals surface area contributed by atoms with Gasteiger partial charge in [0, 0.05) is 32.2 Å². The molecule has 404 valence electrons. The molecule has 0 aromatic carbocycles. The fourth-order valence-corrected chi connectivity index (χ4v) is 9.02. The van der Waals surface area contributed by atoms with Gasteiger partial charge in [0.1, 0.15) is 42.4 Å². The Morgan fingerprint density at radius 1 is 0.690 bits per heavy atom. The highest BCUT2D eigenvalue weighted by atomic mass is 32.2. The number of nitrogens with zero attached hydrogens (tertiary/aromatic N) is 2. The number of aliphatic hydroxyl groups is 4. The minimum Gasteiger partial charge on any atom is -0.480 e. The monoisotopic (exact) mass is 1030 g/mol. The number of carbonyl (C=O) groups excluding carboxylic acids is 9. The molecule has 0 saturated carbocycles. The summed E-state index contributed by atoms with van der Waals surface area (Å²) < 4.78 is 0. The average Bonchev–Trinajstić information content (AvgIpc) is 3.58. The first-order chi connectivity index (χ1) is 33.5. The van der Waals surface area contributed by atoms with Crippen molar-refractivity contribution in [1.29, 1.82) is 0 Å². The van der Waals surface area contributed by atoms with E-state index in [0.717, 1.165) is 16.7 Å². The lowest BCUT2D eigenvalue weighted by Gasteiger charge is -2.43. The van der Waals surface area contributed by atoms with Gasteiger partial charge in [-0.15, -0.1) is 11.8 Å². The number of carbonyl (C=O) groups is 10.